The standard InChI is InChI=1S/C42H42N4O2S2.C40H38N4O2S2.2CH2S2/c1-40(2)34-16-6-5-7-17-35-41(3,4)39-31-15-11-9-13-29(31)19-21-33(39)46(35)25-23-37(48)44-27-42(49-50-42)26-43-36(47)22-24-45(34)32-20-18-28-12-8-10-14-30(28)38(32)40;1-38(2)32-16-6-5-7-17-33-39(3,4)37-29-15-11-9-13-27(29)19-21-31(37)44(33)25-23-35(46)42-40(47-48-40)41-34(45)22-24-43(32)30-20-18-26-12-8-10-14-28(26)36(30)38;2*1-2-3-1/h5-21H,22-27H2,1-4H3,(H-,43,44,47,48);5-21H,22-25H2,1-4H3,(H-,41,42,45,46);2*1H2/p+2. The van der Waals surface area contributed by atoms with E-state index in [1.807, 2.05) is 43.2 Å². The number of anilines is 2. The van der Waals surface area contributed by atoms with Crippen LogP contribution in [0.2, 0.25) is 0 Å². The number of hydrogen-bond donors (Lipinski definition) is 4. The molecular weight excluding hydrogens is 1440 g/mol. The summed E-state index contributed by atoms with van der Waals surface area (Å²) in [5.41, 5.74) is 13.3. The summed E-state index contributed by atoms with van der Waals surface area (Å²) >= 11 is 0. The first-order valence-electron chi connectivity index (χ1n) is 35.6. The zero-order chi connectivity index (χ0) is 72.2. The largest absolute Gasteiger partial charge is 0.354 e. The van der Waals surface area contributed by atoms with Crippen LogP contribution in [0.1, 0.15) is 103 Å². The number of nitrogens with zero attached hydrogens (tertiary/aromatic N) is 4. The van der Waals surface area contributed by atoms with Crippen LogP contribution in [0.15, 0.2) is 218 Å². The summed E-state index contributed by atoms with van der Waals surface area (Å²) < 4.78 is 3.60. The second kappa shape index (κ2) is 29.5. The number of fused-ring (bicyclic) bond motifs is 18. The maximum absolute atomic E-state index is 13.4. The van der Waals surface area contributed by atoms with Gasteiger partial charge in [-0.2, -0.15) is 9.15 Å². The number of carbonyl (C=O) groups is 4. The Labute approximate surface area is 641 Å². The highest BCUT2D eigenvalue weighted by Gasteiger charge is 2.52. The van der Waals surface area contributed by atoms with Crippen molar-refractivity contribution in [2.24, 2.45) is 0 Å². The molecule has 4 saturated heterocycles. The Morgan fingerprint density at radius 1 is 0.375 bits per heavy atom. The van der Waals surface area contributed by atoms with Crippen LogP contribution >= 0.6 is 86.4 Å². The first-order valence-corrected chi connectivity index (χ1v) is 44.9. The average Bonchev–Trinajstić information content (AvgIpc) is 1.58. The Bertz CT molecular complexity index is 5080. The molecule has 10 aliphatic rings. The summed E-state index contributed by atoms with van der Waals surface area (Å²) in [6.07, 6.45) is 22.9. The molecule has 0 atom stereocenters. The van der Waals surface area contributed by atoms with E-state index in [9.17, 15) is 19.2 Å². The third kappa shape index (κ3) is 14.6. The molecule has 10 heterocycles. The van der Waals surface area contributed by atoms with Crippen LogP contribution in [0.5, 0.6) is 0 Å². The van der Waals surface area contributed by atoms with Gasteiger partial charge < -0.3 is 31.1 Å². The summed E-state index contributed by atoms with van der Waals surface area (Å²) in [7, 11) is 14.1. The van der Waals surface area contributed by atoms with Gasteiger partial charge in [-0.3, -0.25) is 19.2 Å². The van der Waals surface area contributed by atoms with Crippen molar-refractivity contribution in [2.45, 2.75) is 111 Å². The minimum atomic E-state index is -0.815. The molecule has 4 fully saturated rings. The van der Waals surface area contributed by atoms with E-state index in [2.05, 4.69) is 302 Å². The summed E-state index contributed by atoms with van der Waals surface area (Å²) in [5.74, 6) is -0.129. The van der Waals surface area contributed by atoms with E-state index in [1.165, 1.54) is 109 Å². The summed E-state index contributed by atoms with van der Waals surface area (Å²) in [5, 5.41) is 25.1. The van der Waals surface area contributed by atoms with Crippen molar-refractivity contribution in [3.63, 3.8) is 0 Å². The number of hydrogen-bond acceptors (Lipinski definition) is 14. The Morgan fingerprint density at radius 2 is 0.731 bits per heavy atom. The molecule has 532 valence electrons. The van der Waals surface area contributed by atoms with Gasteiger partial charge in [-0.1, -0.05) is 238 Å². The molecule has 10 aliphatic heterocycles. The van der Waals surface area contributed by atoms with E-state index in [-0.39, 0.29) is 49.4 Å². The molecule has 2 spiro atoms. The lowest BCUT2D eigenvalue weighted by Gasteiger charge is -2.27. The van der Waals surface area contributed by atoms with Gasteiger partial charge in [-0.25, -0.2) is 0 Å². The second-order valence-corrected chi connectivity index (χ2v) is 41.0. The Hall–Kier alpha value is -7.14. The third-order valence-corrected chi connectivity index (χ3v) is 28.7. The number of carbonyl (C=O) groups excluding carboxylic acids is 4. The highest BCUT2D eigenvalue weighted by atomic mass is 33.2. The van der Waals surface area contributed by atoms with Crippen molar-refractivity contribution in [1.82, 2.24) is 21.3 Å². The lowest BCUT2D eigenvalue weighted by molar-refractivity contribution is -0.436. The van der Waals surface area contributed by atoms with Crippen LogP contribution in [-0.4, -0.2) is 102 Å². The summed E-state index contributed by atoms with van der Waals surface area (Å²) in [4.78, 5) is 58.0. The molecule has 12 nitrogen and oxygen atoms in total. The first-order chi connectivity index (χ1) is 50.2. The molecule has 18 rings (SSSR count). The molecule has 4 N–H and O–H groups in total. The van der Waals surface area contributed by atoms with Crippen LogP contribution in [0, 0.1) is 0 Å². The molecule has 20 heteroatoms. The monoisotopic (exact) mass is 1530 g/mol. The number of allylic oxidation sites excluding steroid dienone is 12. The van der Waals surface area contributed by atoms with Gasteiger partial charge in [-0.05, 0) is 140 Å². The Kier molecular flexibility index (Phi) is 20.6. The fourth-order valence-corrected chi connectivity index (χ4v) is 19.4. The molecule has 0 unspecified atom stereocenters. The van der Waals surface area contributed by atoms with Crippen molar-refractivity contribution in [3.8, 4) is 0 Å². The second-order valence-electron chi connectivity index (χ2n) is 29.4. The average molecular weight is 1530 g/mol. The smallest absolute Gasteiger partial charge is 0.231 e. The van der Waals surface area contributed by atoms with Gasteiger partial charge in [0.15, 0.2) is 24.5 Å². The molecule has 0 aliphatic carbocycles. The minimum absolute atomic E-state index is 0.0222. The topological polar surface area (TPSA) is 129 Å². The fourth-order valence-electron chi connectivity index (χ4n) is 16.2. The van der Waals surface area contributed by atoms with Gasteiger partial charge in [0.05, 0.1) is 33.8 Å². The molecular formula is C84H86N8O4S8+2. The molecule has 0 aromatic heterocycles. The number of benzene rings is 8. The van der Waals surface area contributed by atoms with Gasteiger partial charge >= 0.3 is 0 Å². The van der Waals surface area contributed by atoms with Gasteiger partial charge in [-0.15, -0.1) is 0 Å². The SMILES string of the molecule is C1SS1.C1SS1.CC1(C)C2=[N+](CCC(=O)NC3(NC(=O)CCN4/C(=C/C=C/C=C/2)C(C)(C)c2c4ccc4ccccc24)SS3)c2ccc3ccccc3c21.CC1(C)C2=[N+](CCC(=O)NCC3(CNC(=O)CCN4/C(=C/C=C/C=C/2)C(C)(C)c2c4ccc4ccccc24)SS3)c2ccc3ccccc3c21. The summed E-state index contributed by atoms with van der Waals surface area (Å²) in [6, 6.07) is 51.8. The first kappa shape index (κ1) is 72.4. The fraction of sp³-hybridized carbons (Fsp3) is 0.310. The van der Waals surface area contributed by atoms with Crippen LogP contribution in [0.25, 0.3) is 43.1 Å². The summed E-state index contributed by atoms with van der Waals surface area (Å²) in [6.45, 7) is 21.5. The lowest BCUT2D eigenvalue weighted by atomic mass is 9.79. The van der Waals surface area contributed by atoms with E-state index in [0.717, 1.165) is 34.2 Å². The maximum Gasteiger partial charge on any atom is 0.231 e. The predicted molar refractivity (Wildman–Crippen MR) is 452 cm³/mol. The molecule has 8 aromatic rings. The zero-order valence-electron chi connectivity index (χ0n) is 59.8. The molecule has 0 bridgehead atoms. The van der Waals surface area contributed by atoms with E-state index in [0.29, 0.717) is 65.0 Å². The minimum Gasteiger partial charge on any atom is -0.354 e. The van der Waals surface area contributed by atoms with E-state index < -0.39 is 4.33 Å². The van der Waals surface area contributed by atoms with Gasteiger partial charge in [0.25, 0.3) is 0 Å². The predicted octanol–water partition coefficient (Wildman–Crippen LogP) is 19.2. The molecule has 0 saturated carbocycles. The Balaban J connectivity index is 0.000000155. The highest BCUT2D eigenvalue weighted by molar-refractivity contribution is 8.94. The number of nitrogens with one attached hydrogen (secondary N) is 4. The molecule has 8 aromatic carbocycles. The van der Waals surface area contributed by atoms with E-state index in [4.69, 9.17) is 0 Å². The van der Waals surface area contributed by atoms with Crippen molar-refractivity contribution in [1.29, 1.82) is 0 Å². The van der Waals surface area contributed by atoms with Crippen molar-refractivity contribution >= 4 is 187 Å². The zero-order valence-corrected chi connectivity index (χ0v) is 66.3. The maximum atomic E-state index is 13.4. The quantitative estimate of drug-likeness (QED) is 0.0653. The van der Waals surface area contributed by atoms with Crippen LogP contribution in [-0.2, 0) is 40.8 Å². The van der Waals surface area contributed by atoms with E-state index in [1.54, 1.807) is 21.6 Å². The van der Waals surface area contributed by atoms with Crippen molar-refractivity contribution in [3.05, 3.63) is 240 Å². The lowest BCUT2D eigenvalue weighted by Crippen LogP contribution is -2.49. The van der Waals surface area contributed by atoms with Crippen molar-refractivity contribution < 1.29 is 28.3 Å². The van der Waals surface area contributed by atoms with Gasteiger partial charge in [0.2, 0.25) is 39.3 Å². The van der Waals surface area contributed by atoms with Gasteiger partial charge in [0, 0.05) is 108 Å². The van der Waals surface area contributed by atoms with E-state index >= 15 is 0 Å². The van der Waals surface area contributed by atoms with Gasteiger partial charge in [0.1, 0.15) is 4.08 Å². The normalized spacial score (nSPS) is 23.6. The van der Waals surface area contributed by atoms with Crippen LogP contribution < -0.4 is 31.1 Å². The Morgan fingerprint density at radius 3 is 1.12 bits per heavy atom. The third-order valence-electron chi connectivity index (χ3n) is 21.2. The molecule has 4 amide bonds. The highest BCUT2D eigenvalue weighted by Crippen LogP contribution is 2.64. The van der Waals surface area contributed by atoms with Crippen molar-refractivity contribution in [2.75, 3.05) is 59.2 Å². The molecule has 0 radical (unpaired) electrons. The number of amides is 4. The molecule has 104 heavy (non-hydrogen) atoms. The number of rotatable bonds is 0. The van der Waals surface area contributed by atoms with Crippen LogP contribution in [0.3, 0.4) is 0 Å². The van der Waals surface area contributed by atoms with Crippen LogP contribution in [0.4, 0.5) is 22.7 Å².